The third-order valence-electron chi connectivity index (χ3n) is 3.54. The summed E-state index contributed by atoms with van der Waals surface area (Å²) in [6.07, 6.45) is 3.24. The zero-order chi connectivity index (χ0) is 13.2. The van der Waals surface area contributed by atoms with Crippen LogP contribution in [0.3, 0.4) is 0 Å². The third kappa shape index (κ3) is 2.42. The lowest BCUT2D eigenvalue weighted by atomic mass is 10.00. The van der Waals surface area contributed by atoms with Gasteiger partial charge in [-0.05, 0) is 32.4 Å². The molecule has 0 bridgehead atoms. The van der Waals surface area contributed by atoms with Crippen LogP contribution in [0.15, 0.2) is 24.4 Å². The number of carbonyl (C=O) groups is 2. The SMILES string of the molecule is CC1(C)C(=O)CCN1C(=O)CCc1ccccn1. The minimum atomic E-state index is -0.638. The van der Waals surface area contributed by atoms with Crippen molar-refractivity contribution < 1.29 is 9.59 Å². The molecule has 2 rings (SSSR count). The Bertz CT molecular complexity index is 454. The Kier molecular flexibility index (Phi) is 3.45. The standard InChI is InChI=1S/C14H18N2O2/c1-14(2)12(17)8-10-16(14)13(18)7-6-11-5-3-4-9-15-11/h3-5,9H,6-8,10H2,1-2H3. The summed E-state index contributed by atoms with van der Waals surface area (Å²) in [7, 11) is 0. The maximum atomic E-state index is 12.1. The van der Waals surface area contributed by atoms with Crippen LogP contribution in [0, 0.1) is 0 Å². The predicted octanol–water partition coefficient (Wildman–Crippen LogP) is 1.59. The molecule has 1 aliphatic rings. The van der Waals surface area contributed by atoms with Crippen molar-refractivity contribution in [3.63, 3.8) is 0 Å². The Morgan fingerprint density at radius 1 is 1.44 bits per heavy atom. The third-order valence-corrected chi connectivity index (χ3v) is 3.54. The van der Waals surface area contributed by atoms with Gasteiger partial charge in [-0.3, -0.25) is 14.6 Å². The van der Waals surface area contributed by atoms with Crippen LogP contribution in [0.1, 0.15) is 32.4 Å². The first kappa shape index (κ1) is 12.7. The van der Waals surface area contributed by atoms with E-state index in [1.165, 1.54) is 0 Å². The molecule has 0 saturated carbocycles. The summed E-state index contributed by atoms with van der Waals surface area (Å²) in [5.74, 6) is 0.185. The molecule has 1 aliphatic heterocycles. The van der Waals surface area contributed by atoms with Crippen molar-refractivity contribution in [2.24, 2.45) is 0 Å². The zero-order valence-corrected chi connectivity index (χ0v) is 10.8. The number of nitrogens with zero attached hydrogens (tertiary/aromatic N) is 2. The molecule has 0 N–H and O–H groups in total. The smallest absolute Gasteiger partial charge is 0.223 e. The van der Waals surface area contributed by atoms with E-state index in [2.05, 4.69) is 4.98 Å². The predicted molar refractivity (Wildman–Crippen MR) is 68.0 cm³/mol. The van der Waals surface area contributed by atoms with Gasteiger partial charge in [0.1, 0.15) is 0 Å². The van der Waals surface area contributed by atoms with Gasteiger partial charge in [0.15, 0.2) is 5.78 Å². The number of ketones is 1. The Balaban J connectivity index is 1.95. The van der Waals surface area contributed by atoms with Crippen LogP contribution in [-0.2, 0) is 16.0 Å². The second-order valence-electron chi connectivity index (χ2n) is 5.10. The van der Waals surface area contributed by atoms with Gasteiger partial charge >= 0.3 is 0 Å². The van der Waals surface area contributed by atoms with Crippen molar-refractivity contribution in [1.29, 1.82) is 0 Å². The number of amides is 1. The highest BCUT2D eigenvalue weighted by Gasteiger charge is 2.42. The van der Waals surface area contributed by atoms with Gasteiger partial charge in [0.25, 0.3) is 0 Å². The van der Waals surface area contributed by atoms with E-state index < -0.39 is 5.54 Å². The van der Waals surface area contributed by atoms with E-state index in [0.717, 1.165) is 5.69 Å². The molecular formula is C14H18N2O2. The van der Waals surface area contributed by atoms with Gasteiger partial charge in [-0.15, -0.1) is 0 Å². The summed E-state index contributed by atoms with van der Waals surface area (Å²) in [5.41, 5.74) is 0.274. The molecule has 0 unspecified atom stereocenters. The lowest BCUT2D eigenvalue weighted by molar-refractivity contribution is -0.138. The average molecular weight is 246 g/mol. The lowest BCUT2D eigenvalue weighted by Crippen LogP contribution is -2.46. The molecule has 1 saturated heterocycles. The summed E-state index contributed by atoms with van der Waals surface area (Å²) >= 11 is 0. The summed E-state index contributed by atoms with van der Waals surface area (Å²) < 4.78 is 0. The molecule has 1 amide bonds. The van der Waals surface area contributed by atoms with E-state index >= 15 is 0 Å². The number of aryl methyl sites for hydroxylation is 1. The molecule has 0 radical (unpaired) electrons. The average Bonchev–Trinajstić information content (AvgIpc) is 2.63. The molecule has 1 fully saturated rings. The molecular weight excluding hydrogens is 228 g/mol. The fourth-order valence-corrected chi connectivity index (χ4v) is 2.30. The van der Waals surface area contributed by atoms with E-state index in [-0.39, 0.29) is 11.7 Å². The van der Waals surface area contributed by atoms with Crippen LogP contribution < -0.4 is 0 Å². The van der Waals surface area contributed by atoms with Crippen molar-refractivity contribution in [2.75, 3.05) is 6.54 Å². The summed E-state index contributed by atoms with van der Waals surface area (Å²) in [5, 5.41) is 0. The molecule has 96 valence electrons. The number of hydrogen-bond donors (Lipinski definition) is 0. The van der Waals surface area contributed by atoms with Gasteiger partial charge in [0, 0.05) is 31.3 Å². The summed E-state index contributed by atoms with van der Waals surface area (Å²) in [6, 6.07) is 5.68. The minimum Gasteiger partial charge on any atom is -0.330 e. The molecule has 4 nitrogen and oxygen atoms in total. The van der Waals surface area contributed by atoms with Gasteiger partial charge < -0.3 is 4.90 Å². The highest BCUT2D eigenvalue weighted by molar-refractivity contribution is 5.95. The topological polar surface area (TPSA) is 50.3 Å². The van der Waals surface area contributed by atoms with E-state index in [0.29, 0.717) is 25.8 Å². The second-order valence-corrected chi connectivity index (χ2v) is 5.10. The lowest BCUT2D eigenvalue weighted by Gasteiger charge is -2.30. The molecule has 2 heterocycles. The van der Waals surface area contributed by atoms with Gasteiger partial charge in [0.2, 0.25) is 5.91 Å². The van der Waals surface area contributed by atoms with Crippen LogP contribution in [-0.4, -0.2) is 33.7 Å². The first-order valence-electron chi connectivity index (χ1n) is 6.25. The second kappa shape index (κ2) is 4.88. The van der Waals surface area contributed by atoms with E-state index in [4.69, 9.17) is 0 Å². The maximum absolute atomic E-state index is 12.1. The molecule has 0 aromatic carbocycles. The van der Waals surface area contributed by atoms with E-state index in [1.54, 1.807) is 11.1 Å². The Labute approximate surface area is 107 Å². The zero-order valence-electron chi connectivity index (χ0n) is 10.8. The van der Waals surface area contributed by atoms with E-state index in [1.807, 2.05) is 32.0 Å². The van der Waals surface area contributed by atoms with Gasteiger partial charge in [0.05, 0.1) is 5.54 Å². The van der Waals surface area contributed by atoms with Crippen LogP contribution >= 0.6 is 0 Å². The van der Waals surface area contributed by atoms with Crippen molar-refractivity contribution in [1.82, 2.24) is 9.88 Å². The summed E-state index contributed by atoms with van der Waals surface area (Å²) in [6.45, 7) is 4.19. The molecule has 0 atom stereocenters. The van der Waals surface area contributed by atoms with Crippen molar-refractivity contribution in [3.8, 4) is 0 Å². The van der Waals surface area contributed by atoms with Crippen LogP contribution in [0.2, 0.25) is 0 Å². The molecule has 4 heteroatoms. The van der Waals surface area contributed by atoms with Crippen LogP contribution in [0.25, 0.3) is 0 Å². The Hall–Kier alpha value is -1.71. The number of Topliss-reactive ketones (excluding diaryl/α,β-unsaturated/α-hetero) is 1. The number of rotatable bonds is 3. The van der Waals surface area contributed by atoms with Crippen molar-refractivity contribution >= 4 is 11.7 Å². The van der Waals surface area contributed by atoms with Gasteiger partial charge in [-0.1, -0.05) is 6.07 Å². The number of carbonyl (C=O) groups excluding carboxylic acids is 2. The maximum Gasteiger partial charge on any atom is 0.223 e. The molecule has 18 heavy (non-hydrogen) atoms. The van der Waals surface area contributed by atoms with Crippen LogP contribution in [0.4, 0.5) is 0 Å². The highest BCUT2D eigenvalue weighted by Crippen LogP contribution is 2.25. The summed E-state index contributed by atoms with van der Waals surface area (Å²) in [4.78, 5) is 29.7. The number of aromatic nitrogens is 1. The molecule has 1 aromatic heterocycles. The Morgan fingerprint density at radius 2 is 2.22 bits per heavy atom. The van der Waals surface area contributed by atoms with E-state index in [9.17, 15) is 9.59 Å². The monoisotopic (exact) mass is 246 g/mol. The molecule has 0 spiro atoms. The largest absolute Gasteiger partial charge is 0.330 e. The van der Waals surface area contributed by atoms with Crippen molar-refractivity contribution in [2.45, 2.75) is 38.6 Å². The minimum absolute atomic E-state index is 0.0384. The van der Waals surface area contributed by atoms with Crippen LogP contribution in [0.5, 0.6) is 0 Å². The fourth-order valence-electron chi connectivity index (χ4n) is 2.30. The fraction of sp³-hybridized carbons (Fsp3) is 0.500. The first-order valence-corrected chi connectivity index (χ1v) is 6.25. The van der Waals surface area contributed by atoms with Gasteiger partial charge in [-0.25, -0.2) is 0 Å². The number of likely N-dealkylation sites (tertiary alicyclic amines) is 1. The Morgan fingerprint density at radius 3 is 2.78 bits per heavy atom. The number of pyridine rings is 1. The molecule has 0 aliphatic carbocycles. The molecule has 1 aromatic rings. The van der Waals surface area contributed by atoms with Gasteiger partial charge in [-0.2, -0.15) is 0 Å². The number of hydrogen-bond acceptors (Lipinski definition) is 3. The highest BCUT2D eigenvalue weighted by atomic mass is 16.2. The quantitative estimate of drug-likeness (QED) is 0.814. The normalized spacial score (nSPS) is 18.1. The first-order chi connectivity index (χ1) is 8.51. The van der Waals surface area contributed by atoms with Crippen molar-refractivity contribution in [3.05, 3.63) is 30.1 Å².